The minimum absolute atomic E-state index is 0.162. The number of anilines is 2. The Balaban J connectivity index is 1.68. The van der Waals surface area contributed by atoms with Crippen molar-refractivity contribution in [3.05, 3.63) is 53.4 Å². The first kappa shape index (κ1) is 13.2. The van der Waals surface area contributed by atoms with Crippen molar-refractivity contribution in [2.24, 2.45) is 0 Å². The van der Waals surface area contributed by atoms with Crippen LogP contribution < -0.4 is 9.80 Å². The lowest BCUT2D eigenvalue weighted by molar-refractivity contribution is 0.596. The van der Waals surface area contributed by atoms with Crippen LogP contribution in [0.3, 0.4) is 0 Å². The van der Waals surface area contributed by atoms with Gasteiger partial charge in [-0.15, -0.1) is 0 Å². The van der Waals surface area contributed by atoms with Crippen molar-refractivity contribution < 1.29 is 4.39 Å². The van der Waals surface area contributed by atoms with Gasteiger partial charge in [-0.2, -0.15) is 0 Å². The quantitative estimate of drug-likeness (QED) is 0.847. The average Bonchev–Trinajstić information content (AvgIpc) is 2.49. The third-order valence-electron chi connectivity index (χ3n) is 3.51. The monoisotopic (exact) mass is 291 g/mol. The Bertz CT molecular complexity index is 580. The summed E-state index contributed by atoms with van der Waals surface area (Å²) in [6, 6.07) is 10.7. The van der Waals surface area contributed by atoms with Gasteiger partial charge in [0.2, 0.25) is 0 Å². The fourth-order valence-electron chi connectivity index (χ4n) is 2.44. The van der Waals surface area contributed by atoms with E-state index in [2.05, 4.69) is 14.8 Å². The number of pyridine rings is 1. The van der Waals surface area contributed by atoms with Crippen molar-refractivity contribution >= 4 is 23.1 Å². The zero-order valence-electron chi connectivity index (χ0n) is 11.0. The summed E-state index contributed by atoms with van der Waals surface area (Å²) >= 11 is 5.84. The molecule has 3 rings (SSSR count). The number of para-hydroxylation sites is 1. The zero-order valence-corrected chi connectivity index (χ0v) is 11.7. The van der Waals surface area contributed by atoms with Gasteiger partial charge < -0.3 is 9.80 Å². The highest BCUT2D eigenvalue weighted by molar-refractivity contribution is 6.30. The number of benzene rings is 1. The van der Waals surface area contributed by atoms with Gasteiger partial charge in [0.1, 0.15) is 11.6 Å². The topological polar surface area (TPSA) is 19.4 Å². The summed E-state index contributed by atoms with van der Waals surface area (Å²) in [5, 5.41) is 0.638. The fraction of sp³-hybridized carbons (Fsp3) is 0.267. The number of aromatic nitrogens is 1. The van der Waals surface area contributed by atoms with Crippen LogP contribution in [0.5, 0.6) is 0 Å². The number of hydrogen-bond donors (Lipinski definition) is 0. The minimum Gasteiger partial charge on any atom is -0.366 e. The molecule has 0 spiro atoms. The molecule has 1 aliphatic rings. The summed E-state index contributed by atoms with van der Waals surface area (Å²) in [5.41, 5.74) is 0.677. The molecule has 0 unspecified atom stereocenters. The van der Waals surface area contributed by atoms with Gasteiger partial charge >= 0.3 is 0 Å². The van der Waals surface area contributed by atoms with Crippen LogP contribution in [0.2, 0.25) is 5.02 Å². The summed E-state index contributed by atoms with van der Waals surface area (Å²) in [6.07, 6.45) is 1.65. The van der Waals surface area contributed by atoms with Crippen LogP contribution >= 0.6 is 11.6 Å². The Labute approximate surface area is 122 Å². The van der Waals surface area contributed by atoms with Crippen LogP contribution in [0, 0.1) is 5.82 Å². The third kappa shape index (κ3) is 2.70. The molecule has 0 amide bonds. The molecule has 1 saturated heterocycles. The van der Waals surface area contributed by atoms with Gasteiger partial charge in [0.25, 0.3) is 0 Å². The van der Waals surface area contributed by atoms with Gasteiger partial charge in [0.15, 0.2) is 0 Å². The average molecular weight is 292 g/mol. The molecule has 1 fully saturated rings. The lowest BCUT2D eigenvalue weighted by Crippen LogP contribution is -2.47. The van der Waals surface area contributed by atoms with E-state index in [9.17, 15) is 4.39 Å². The van der Waals surface area contributed by atoms with E-state index in [0.717, 1.165) is 32.0 Å². The van der Waals surface area contributed by atoms with E-state index in [0.29, 0.717) is 10.7 Å². The van der Waals surface area contributed by atoms with Gasteiger partial charge in [-0.05, 0) is 24.3 Å². The molecule has 2 heterocycles. The maximum Gasteiger partial charge on any atom is 0.146 e. The zero-order chi connectivity index (χ0) is 13.9. The maximum absolute atomic E-state index is 13.8. The molecule has 0 aliphatic carbocycles. The normalized spacial score (nSPS) is 15.5. The summed E-state index contributed by atoms with van der Waals surface area (Å²) in [7, 11) is 0. The Morgan fingerprint density at radius 2 is 1.65 bits per heavy atom. The Morgan fingerprint density at radius 3 is 2.30 bits per heavy atom. The minimum atomic E-state index is -0.162. The molecule has 104 valence electrons. The van der Waals surface area contributed by atoms with E-state index in [1.165, 1.54) is 6.07 Å². The Kier molecular flexibility index (Phi) is 3.74. The Hall–Kier alpha value is -1.81. The van der Waals surface area contributed by atoms with Gasteiger partial charge in [0.05, 0.1) is 10.7 Å². The van der Waals surface area contributed by atoms with Crippen molar-refractivity contribution in [3.8, 4) is 0 Å². The second kappa shape index (κ2) is 5.67. The third-order valence-corrected chi connectivity index (χ3v) is 3.73. The smallest absolute Gasteiger partial charge is 0.146 e. The van der Waals surface area contributed by atoms with Crippen molar-refractivity contribution in [2.75, 3.05) is 36.0 Å². The van der Waals surface area contributed by atoms with Crippen LogP contribution in [-0.2, 0) is 0 Å². The number of rotatable bonds is 2. The highest BCUT2D eigenvalue weighted by Crippen LogP contribution is 2.22. The maximum atomic E-state index is 13.8. The molecule has 0 atom stereocenters. The van der Waals surface area contributed by atoms with E-state index in [-0.39, 0.29) is 5.82 Å². The highest BCUT2D eigenvalue weighted by Gasteiger charge is 2.19. The number of piperazine rings is 1. The molecule has 1 aromatic carbocycles. The first-order valence-electron chi connectivity index (χ1n) is 6.60. The lowest BCUT2D eigenvalue weighted by atomic mass is 10.2. The van der Waals surface area contributed by atoms with Crippen LogP contribution in [-0.4, -0.2) is 31.2 Å². The summed E-state index contributed by atoms with van der Waals surface area (Å²) < 4.78 is 13.8. The molecule has 0 radical (unpaired) electrons. The molecule has 1 aliphatic heterocycles. The summed E-state index contributed by atoms with van der Waals surface area (Å²) in [5.74, 6) is 0.758. The molecule has 5 heteroatoms. The first-order valence-corrected chi connectivity index (χ1v) is 6.98. The number of nitrogens with zero attached hydrogens (tertiary/aromatic N) is 3. The molecule has 0 N–H and O–H groups in total. The first-order chi connectivity index (χ1) is 9.74. The van der Waals surface area contributed by atoms with Gasteiger partial charge in [0, 0.05) is 32.4 Å². The van der Waals surface area contributed by atoms with E-state index in [1.54, 1.807) is 12.3 Å². The molecule has 2 aromatic rings. The number of halogens is 2. The van der Waals surface area contributed by atoms with E-state index in [4.69, 9.17) is 11.6 Å². The standard InChI is InChI=1S/C15H15ClFN3/c16-12-5-6-15(18-11-12)20-9-7-19(8-10-20)14-4-2-1-3-13(14)17/h1-6,11H,7-10H2. The fourth-order valence-corrected chi connectivity index (χ4v) is 2.55. The molecule has 0 bridgehead atoms. The SMILES string of the molecule is Fc1ccccc1N1CCN(c2ccc(Cl)cn2)CC1. The molecule has 0 saturated carbocycles. The molecular weight excluding hydrogens is 277 g/mol. The summed E-state index contributed by atoms with van der Waals surface area (Å²) in [6.45, 7) is 3.21. The lowest BCUT2D eigenvalue weighted by Gasteiger charge is -2.36. The van der Waals surface area contributed by atoms with Gasteiger partial charge in [-0.1, -0.05) is 23.7 Å². The van der Waals surface area contributed by atoms with Crippen LogP contribution in [0.25, 0.3) is 0 Å². The Morgan fingerprint density at radius 1 is 0.950 bits per heavy atom. The predicted octanol–water partition coefficient (Wildman–Crippen LogP) is 3.20. The second-order valence-electron chi connectivity index (χ2n) is 4.76. The second-order valence-corrected chi connectivity index (χ2v) is 5.20. The van der Waals surface area contributed by atoms with Crippen molar-refractivity contribution in [2.45, 2.75) is 0 Å². The van der Waals surface area contributed by atoms with Gasteiger partial charge in [-0.3, -0.25) is 0 Å². The largest absolute Gasteiger partial charge is 0.366 e. The summed E-state index contributed by atoms with van der Waals surface area (Å²) in [4.78, 5) is 8.58. The van der Waals surface area contributed by atoms with E-state index < -0.39 is 0 Å². The molecule has 1 aromatic heterocycles. The van der Waals surface area contributed by atoms with E-state index >= 15 is 0 Å². The van der Waals surface area contributed by atoms with Crippen molar-refractivity contribution in [3.63, 3.8) is 0 Å². The van der Waals surface area contributed by atoms with Gasteiger partial charge in [-0.25, -0.2) is 9.37 Å². The van der Waals surface area contributed by atoms with Crippen LogP contribution in [0.4, 0.5) is 15.9 Å². The highest BCUT2D eigenvalue weighted by atomic mass is 35.5. The van der Waals surface area contributed by atoms with Crippen molar-refractivity contribution in [1.82, 2.24) is 4.98 Å². The molecule has 3 nitrogen and oxygen atoms in total. The van der Waals surface area contributed by atoms with Crippen molar-refractivity contribution in [1.29, 1.82) is 0 Å². The van der Waals surface area contributed by atoms with Crippen LogP contribution in [0.15, 0.2) is 42.6 Å². The molecule has 20 heavy (non-hydrogen) atoms. The molecular formula is C15H15ClFN3. The predicted molar refractivity (Wildman–Crippen MR) is 80.1 cm³/mol. The van der Waals surface area contributed by atoms with Crippen LogP contribution in [0.1, 0.15) is 0 Å². The van der Waals surface area contributed by atoms with E-state index in [1.807, 2.05) is 24.3 Å². The number of hydrogen-bond acceptors (Lipinski definition) is 3.